The van der Waals surface area contributed by atoms with E-state index in [2.05, 4.69) is 0 Å². The van der Waals surface area contributed by atoms with Crippen LogP contribution in [-0.2, 0) is 18.9 Å². The third-order valence-electron chi connectivity index (χ3n) is 4.24. The molecule has 0 N–H and O–H groups in total. The molecule has 2 unspecified atom stereocenters. The summed E-state index contributed by atoms with van der Waals surface area (Å²) in [6, 6.07) is 17.3. The molecule has 6 heteroatoms. The van der Waals surface area contributed by atoms with Crippen LogP contribution in [0.1, 0.15) is 27.1 Å². The molecular formula is C20H20O6. The molecule has 0 saturated carbocycles. The molecule has 6 nitrogen and oxygen atoms in total. The molecule has 0 radical (unpaired) electrons. The van der Waals surface area contributed by atoms with Gasteiger partial charge < -0.3 is 18.9 Å². The predicted octanol–water partition coefficient (Wildman–Crippen LogP) is 2.83. The normalized spacial score (nSPS) is 22.0. The molecule has 1 saturated heterocycles. The summed E-state index contributed by atoms with van der Waals surface area (Å²) < 4.78 is 22.0. The number of benzene rings is 2. The second kappa shape index (κ2) is 8.12. The van der Waals surface area contributed by atoms with Gasteiger partial charge in [0.2, 0.25) is 5.79 Å². The van der Waals surface area contributed by atoms with Gasteiger partial charge in [0, 0.05) is 13.5 Å². The van der Waals surface area contributed by atoms with E-state index in [0.29, 0.717) is 24.2 Å². The molecular weight excluding hydrogens is 336 g/mol. The van der Waals surface area contributed by atoms with Crippen LogP contribution in [0.2, 0.25) is 0 Å². The number of hydrogen-bond donors (Lipinski definition) is 0. The van der Waals surface area contributed by atoms with Crippen molar-refractivity contribution in [3.05, 3.63) is 71.8 Å². The molecule has 1 aliphatic rings. The number of methoxy groups -OCH3 is 1. The van der Waals surface area contributed by atoms with Gasteiger partial charge in [-0.15, -0.1) is 0 Å². The Hall–Kier alpha value is -2.70. The second-order valence-electron chi connectivity index (χ2n) is 5.86. The standard InChI is InChI=1S/C20H20O6/c1-23-20(14-24-18(21)15-8-4-2-5-9-15)17(12-13-25-20)26-19(22)16-10-6-3-7-11-16/h2-11,17H,12-14H2,1H3. The summed E-state index contributed by atoms with van der Waals surface area (Å²) in [7, 11) is 1.44. The largest absolute Gasteiger partial charge is 0.456 e. The average Bonchev–Trinajstić information content (AvgIpc) is 3.10. The van der Waals surface area contributed by atoms with Gasteiger partial charge in [0.1, 0.15) is 6.61 Å². The molecule has 0 aromatic heterocycles. The Morgan fingerprint density at radius 2 is 1.58 bits per heavy atom. The van der Waals surface area contributed by atoms with Gasteiger partial charge in [-0.3, -0.25) is 0 Å². The van der Waals surface area contributed by atoms with Gasteiger partial charge in [-0.2, -0.15) is 0 Å². The van der Waals surface area contributed by atoms with Crippen molar-refractivity contribution in [2.45, 2.75) is 18.3 Å². The van der Waals surface area contributed by atoms with Gasteiger partial charge in [0.05, 0.1) is 17.7 Å². The molecule has 0 aliphatic carbocycles. The first-order valence-electron chi connectivity index (χ1n) is 8.32. The van der Waals surface area contributed by atoms with Crippen LogP contribution in [0, 0.1) is 0 Å². The van der Waals surface area contributed by atoms with E-state index < -0.39 is 23.8 Å². The summed E-state index contributed by atoms with van der Waals surface area (Å²) in [4.78, 5) is 24.5. The van der Waals surface area contributed by atoms with Crippen molar-refractivity contribution in [2.24, 2.45) is 0 Å². The minimum Gasteiger partial charge on any atom is -0.456 e. The molecule has 0 bridgehead atoms. The predicted molar refractivity (Wildman–Crippen MR) is 92.7 cm³/mol. The first-order valence-corrected chi connectivity index (χ1v) is 8.32. The van der Waals surface area contributed by atoms with E-state index in [4.69, 9.17) is 18.9 Å². The number of carbonyl (C=O) groups excluding carboxylic acids is 2. The van der Waals surface area contributed by atoms with Crippen LogP contribution in [0.4, 0.5) is 0 Å². The molecule has 3 rings (SSSR count). The minimum atomic E-state index is -1.31. The third-order valence-corrected chi connectivity index (χ3v) is 4.24. The Bertz CT molecular complexity index is 745. The third kappa shape index (κ3) is 3.92. The summed E-state index contributed by atoms with van der Waals surface area (Å²) in [5.41, 5.74) is 0.861. The minimum absolute atomic E-state index is 0.177. The maximum atomic E-state index is 12.3. The quantitative estimate of drug-likeness (QED) is 0.741. The van der Waals surface area contributed by atoms with Gasteiger partial charge in [-0.25, -0.2) is 9.59 Å². The van der Waals surface area contributed by atoms with Gasteiger partial charge in [-0.05, 0) is 24.3 Å². The molecule has 1 fully saturated rings. The monoisotopic (exact) mass is 356 g/mol. The van der Waals surface area contributed by atoms with E-state index >= 15 is 0 Å². The lowest BCUT2D eigenvalue weighted by atomic mass is 10.1. The van der Waals surface area contributed by atoms with Crippen LogP contribution in [0.3, 0.4) is 0 Å². The molecule has 2 aromatic carbocycles. The molecule has 1 aliphatic heterocycles. The van der Waals surface area contributed by atoms with Crippen LogP contribution in [0.25, 0.3) is 0 Å². The Morgan fingerprint density at radius 3 is 2.15 bits per heavy atom. The highest BCUT2D eigenvalue weighted by Gasteiger charge is 2.49. The molecule has 0 amide bonds. The first kappa shape index (κ1) is 18.1. The Labute approximate surface area is 151 Å². The number of hydrogen-bond acceptors (Lipinski definition) is 6. The number of carbonyl (C=O) groups is 2. The van der Waals surface area contributed by atoms with Crippen molar-refractivity contribution in [1.82, 2.24) is 0 Å². The van der Waals surface area contributed by atoms with Gasteiger partial charge in [0.15, 0.2) is 6.10 Å². The molecule has 0 spiro atoms. The van der Waals surface area contributed by atoms with Gasteiger partial charge >= 0.3 is 11.9 Å². The lowest BCUT2D eigenvalue weighted by Gasteiger charge is -2.31. The average molecular weight is 356 g/mol. The highest BCUT2D eigenvalue weighted by atomic mass is 16.7. The molecule has 1 heterocycles. The van der Waals surface area contributed by atoms with Crippen LogP contribution in [0.15, 0.2) is 60.7 Å². The van der Waals surface area contributed by atoms with Crippen molar-refractivity contribution < 1.29 is 28.5 Å². The van der Waals surface area contributed by atoms with E-state index in [0.717, 1.165) is 0 Å². The number of rotatable bonds is 6. The van der Waals surface area contributed by atoms with Crippen molar-refractivity contribution >= 4 is 11.9 Å². The summed E-state index contributed by atoms with van der Waals surface area (Å²) >= 11 is 0. The fourth-order valence-electron chi connectivity index (χ4n) is 2.78. The zero-order valence-corrected chi connectivity index (χ0v) is 14.4. The molecule has 2 atom stereocenters. The van der Waals surface area contributed by atoms with E-state index in [1.165, 1.54) is 7.11 Å². The van der Waals surface area contributed by atoms with Crippen LogP contribution >= 0.6 is 0 Å². The maximum absolute atomic E-state index is 12.3. The fraction of sp³-hybridized carbons (Fsp3) is 0.300. The second-order valence-corrected chi connectivity index (χ2v) is 5.86. The van der Waals surface area contributed by atoms with Crippen molar-refractivity contribution in [1.29, 1.82) is 0 Å². The summed E-state index contributed by atoms with van der Waals surface area (Å²) in [5.74, 6) is -2.28. The zero-order chi connectivity index (χ0) is 18.4. The number of ether oxygens (including phenoxy) is 4. The van der Waals surface area contributed by atoms with E-state index in [9.17, 15) is 9.59 Å². The van der Waals surface area contributed by atoms with Gasteiger partial charge in [-0.1, -0.05) is 36.4 Å². The maximum Gasteiger partial charge on any atom is 0.338 e. The summed E-state index contributed by atoms with van der Waals surface area (Å²) in [6.07, 6.45) is -0.223. The molecule has 2 aromatic rings. The van der Waals surface area contributed by atoms with Crippen molar-refractivity contribution in [3.8, 4) is 0 Å². The topological polar surface area (TPSA) is 71.1 Å². The van der Waals surface area contributed by atoms with E-state index in [-0.39, 0.29) is 6.61 Å². The lowest BCUT2D eigenvalue weighted by molar-refractivity contribution is -0.248. The summed E-state index contributed by atoms with van der Waals surface area (Å²) in [5, 5.41) is 0. The first-order chi connectivity index (χ1) is 12.6. The van der Waals surface area contributed by atoms with Crippen molar-refractivity contribution in [2.75, 3.05) is 20.3 Å². The Morgan fingerprint density at radius 1 is 1.00 bits per heavy atom. The van der Waals surface area contributed by atoms with Crippen LogP contribution in [-0.4, -0.2) is 44.2 Å². The van der Waals surface area contributed by atoms with Crippen LogP contribution < -0.4 is 0 Å². The SMILES string of the molecule is COC1(COC(=O)c2ccccc2)OCCC1OC(=O)c1ccccc1. The Kier molecular flexibility index (Phi) is 5.65. The smallest absolute Gasteiger partial charge is 0.338 e. The van der Waals surface area contributed by atoms with Crippen molar-refractivity contribution in [3.63, 3.8) is 0 Å². The zero-order valence-electron chi connectivity index (χ0n) is 14.4. The van der Waals surface area contributed by atoms with E-state index in [1.54, 1.807) is 48.5 Å². The van der Waals surface area contributed by atoms with Gasteiger partial charge in [0.25, 0.3) is 0 Å². The lowest BCUT2D eigenvalue weighted by Crippen LogP contribution is -2.48. The fourth-order valence-corrected chi connectivity index (χ4v) is 2.78. The highest BCUT2D eigenvalue weighted by molar-refractivity contribution is 5.90. The highest BCUT2D eigenvalue weighted by Crippen LogP contribution is 2.31. The summed E-state index contributed by atoms with van der Waals surface area (Å²) in [6.45, 7) is 0.160. The Balaban J connectivity index is 1.66. The van der Waals surface area contributed by atoms with E-state index in [1.807, 2.05) is 12.1 Å². The molecule has 136 valence electrons. The van der Waals surface area contributed by atoms with Crippen LogP contribution in [0.5, 0.6) is 0 Å². The molecule has 26 heavy (non-hydrogen) atoms. The number of esters is 2.